The number of hydrogen-bond acceptors (Lipinski definition) is 0. The van der Waals surface area contributed by atoms with E-state index in [0.29, 0.717) is 0 Å². The van der Waals surface area contributed by atoms with Gasteiger partial charge in [0.25, 0.3) is 0 Å². The van der Waals surface area contributed by atoms with E-state index in [0.717, 1.165) is 0 Å². The molecule has 0 amide bonds. The minimum Gasteiger partial charge on any atom is -0.350 e. The van der Waals surface area contributed by atoms with Crippen molar-refractivity contribution in [3.8, 4) is 11.3 Å². The second kappa shape index (κ2) is 5.22. The number of benzene rings is 3. The van der Waals surface area contributed by atoms with Gasteiger partial charge in [0.15, 0.2) is 0 Å². The lowest BCUT2D eigenvalue weighted by Gasteiger charge is -2.33. The summed E-state index contributed by atoms with van der Waals surface area (Å²) < 4.78 is 2.25. The lowest BCUT2D eigenvalue weighted by Crippen LogP contribution is -2.28. The Morgan fingerprint density at radius 3 is 1.80 bits per heavy atom. The monoisotopic (exact) mass is 321 g/mol. The molecular weight excluding hydrogens is 302 g/mol. The molecule has 0 spiro atoms. The summed E-state index contributed by atoms with van der Waals surface area (Å²) in [5, 5.41) is 0. The molecule has 1 aliphatic rings. The SMILES string of the molecule is Cn1ccc2c1-c1ccccc1C2(c1ccccc1)c1ccccc1. The van der Waals surface area contributed by atoms with Crippen LogP contribution in [-0.4, -0.2) is 4.57 Å². The molecule has 0 aliphatic heterocycles. The molecule has 1 aromatic heterocycles. The molecule has 120 valence electrons. The Balaban J connectivity index is 1.98. The number of nitrogens with zero attached hydrogens (tertiary/aromatic N) is 1. The van der Waals surface area contributed by atoms with Crippen molar-refractivity contribution in [2.75, 3.05) is 0 Å². The molecule has 1 nitrogen and oxygen atoms in total. The average Bonchev–Trinajstić information content (AvgIpc) is 3.20. The Morgan fingerprint density at radius 2 is 1.16 bits per heavy atom. The van der Waals surface area contributed by atoms with E-state index in [9.17, 15) is 0 Å². The van der Waals surface area contributed by atoms with E-state index in [4.69, 9.17) is 0 Å². The molecule has 25 heavy (non-hydrogen) atoms. The maximum atomic E-state index is 2.29. The molecule has 1 aliphatic carbocycles. The highest BCUT2D eigenvalue weighted by molar-refractivity contribution is 5.84. The van der Waals surface area contributed by atoms with E-state index in [1.54, 1.807) is 0 Å². The molecule has 3 aromatic carbocycles. The Labute approximate surface area is 148 Å². The molecule has 0 atom stereocenters. The van der Waals surface area contributed by atoms with E-state index in [-0.39, 0.29) is 5.41 Å². The minimum atomic E-state index is -0.254. The van der Waals surface area contributed by atoms with Crippen LogP contribution in [0.5, 0.6) is 0 Å². The number of aryl methyl sites for hydroxylation is 1. The first-order chi connectivity index (χ1) is 12.3. The average molecular weight is 321 g/mol. The Hall–Kier alpha value is -3.06. The third-order valence-electron chi connectivity index (χ3n) is 5.48. The third kappa shape index (κ3) is 1.78. The minimum absolute atomic E-state index is 0.254. The first kappa shape index (κ1) is 14.3. The highest BCUT2D eigenvalue weighted by atomic mass is 14.9. The Bertz CT molecular complexity index is 1000. The fourth-order valence-electron chi connectivity index (χ4n) is 4.49. The van der Waals surface area contributed by atoms with Crippen molar-refractivity contribution in [3.63, 3.8) is 0 Å². The third-order valence-corrected chi connectivity index (χ3v) is 5.48. The molecule has 0 radical (unpaired) electrons. The largest absolute Gasteiger partial charge is 0.350 e. The zero-order valence-electron chi connectivity index (χ0n) is 14.2. The standard InChI is InChI=1S/C24H19N/c1-25-17-16-22-23(25)20-14-8-9-15-21(20)24(22,18-10-4-2-5-11-18)19-12-6-3-7-13-19/h2-17H,1H3. The summed E-state index contributed by atoms with van der Waals surface area (Å²) in [6.07, 6.45) is 2.18. The highest BCUT2D eigenvalue weighted by Gasteiger charge is 2.47. The van der Waals surface area contributed by atoms with Crippen LogP contribution in [0.4, 0.5) is 0 Å². The van der Waals surface area contributed by atoms with Crippen molar-refractivity contribution in [1.29, 1.82) is 0 Å². The van der Waals surface area contributed by atoms with Gasteiger partial charge in [-0.15, -0.1) is 0 Å². The van der Waals surface area contributed by atoms with Crippen molar-refractivity contribution >= 4 is 0 Å². The van der Waals surface area contributed by atoms with Crippen LogP contribution in [0.15, 0.2) is 97.2 Å². The molecule has 4 aromatic rings. The first-order valence-electron chi connectivity index (χ1n) is 8.70. The van der Waals surface area contributed by atoms with Gasteiger partial charge in [0.05, 0.1) is 11.1 Å². The van der Waals surface area contributed by atoms with Gasteiger partial charge in [0.2, 0.25) is 0 Å². The Morgan fingerprint density at radius 1 is 0.600 bits per heavy atom. The van der Waals surface area contributed by atoms with Gasteiger partial charge in [0.1, 0.15) is 0 Å². The molecule has 5 rings (SSSR count). The molecule has 0 unspecified atom stereocenters. The summed E-state index contributed by atoms with van der Waals surface area (Å²) in [5.41, 5.74) is 7.77. The van der Waals surface area contributed by atoms with Gasteiger partial charge in [-0.3, -0.25) is 0 Å². The normalized spacial score (nSPS) is 14.1. The summed E-state index contributed by atoms with van der Waals surface area (Å²) in [6.45, 7) is 0. The molecule has 0 saturated heterocycles. The van der Waals surface area contributed by atoms with Gasteiger partial charge < -0.3 is 4.57 Å². The molecule has 1 heteroatoms. The predicted octanol–water partition coefficient (Wildman–Crippen LogP) is 5.39. The second-order valence-electron chi connectivity index (χ2n) is 6.72. The van der Waals surface area contributed by atoms with Crippen LogP contribution in [0.2, 0.25) is 0 Å². The molecule has 1 heterocycles. The molecular formula is C24H19N. The van der Waals surface area contributed by atoms with E-state index in [1.165, 1.54) is 33.5 Å². The molecule has 0 N–H and O–H groups in total. The van der Waals surface area contributed by atoms with Crippen LogP contribution >= 0.6 is 0 Å². The highest BCUT2D eigenvalue weighted by Crippen LogP contribution is 2.56. The van der Waals surface area contributed by atoms with E-state index in [1.807, 2.05) is 0 Å². The quantitative estimate of drug-likeness (QED) is 0.411. The van der Waals surface area contributed by atoms with E-state index >= 15 is 0 Å². The van der Waals surface area contributed by atoms with Crippen LogP contribution in [0.3, 0.4) is 0 Å². The summed E-state index contributed by atoms with van der Waals surface area (Å²) in [7, 11) is 2.14. The molecule has 0 bridgehead atoms. The summed E-state index contributed by atoms with van der Waals surface area (Å²) >= 11 is 0. The summed E-state index contributed by atoms with van der Waals surface area (Å²) in [4.78, 5) is 0. The smallest absolute Gasteiger partial charge is 0.0729 e. The van der Waals surface area contributed by atoms with Crippen molar-refractivity contribution < 1.29 is 0 Å². The maximum Gasteiger partial charge on any atom is 0.0729 e. The van der Waals surface area contributed by atoms with Gasteiger partial charge in [-0.25, -0.2) is 0 Å². The maximum absolute atomic E-state index is 2.29. The first-order valence-corrected chi connectivity index (χ1v) is 8.70. The van der Waals surface area contributed by atoms with Gasteiger partial charge in [-0.2, -0.15) is 0 Å². The van der Waals surface area contributed by atoms with E-state index < -0.39 is 0 Å². The van der Waals surface area contributed by atoms with Crippen molar-refractivity contribution in [3.05, 3.63) is 119 Å². The molecule has 0 fully saturated rings. The van der Waals surface area contributed by atoms with E-state index in [2.05, 4.69) is 109 Å². The zero-order chi connectivity index (χ0) is 16.9. The van der Waals surface area contributed by atoms with Crippen LogP contribution in [0, 0.1) is 0 Å². The lowest BCUT2D eigenvalue weighted by molar-refractivity contribution is 0.769. The van der Waals surface area contributed by atoms with Crippen LogP contribution in [0.25, 0.3) is 11.3 Å². The predicted molar refractivity (Wildman–Crippen MR) is 103 cm³/mol. The fourth-order valence-corrected chi connectivity index (χ4v) is 4.49. The van der Waals surface area contributed by atoms with Gasteiger partial charge >= 0.3 is 0 Å². The summed E-state index contributed by atoms with van der Waals surface area (Å²) in [6, 6.07) is 32.9. The number of hydrogen-bond donors (Lipinski definition) is 0. The Kier molecular flexibility index (Phi) is 2.98. The zero-order valence-corrected chi connectivity index (χ0v) is 14.2. The lowest BCUT2D eigenvalue weighted by atomic mass is 9.68. The number of fused-ring (bicyclic) bond motifs is 3. The van der Waals surface area contributed by atoms with Gasteiger partial charge in [0, 0.05) is 18.8 Å². The van der Waals surface area contributed by atoms with Crippen molar-refractivity contribution in [1.82, 2.24) is 4.57 Å². The summed E-state index contributed by atoms with van der Waals surface area (Å²) in [5.74, 6) is 0. The van der Waals surface area contributed by atoms with Gasteiger partial charge in [-0.1, -0.05) is 84.9 Å². The van der Waals surface area contributed by atoms with Crippen LogP contribution < -0.4 is 0 Å². The number of aromatic nitrogens is 1. The van der Waals surface area contributed by atoms with Crippen molar-refractivity contribution in [2.45, 2.75) is 5.41 Å². The topological polar surface area (TPSA) is 4.93 Å². The fraction of sp³-hybridized carbons (Fsp3) is 0.0833. The second-order valence-corrected chi connectivity index (χ2v) is 6.72. The number of rotatable bonds is 2. The van der Waals surface area contributed by atoms with Crippen LogP contribution in [0.1, 0.15) is 22.3 Å². The van der Waals surface area contributed by atoms with Crippen LogP contribution in [-0.2, 0) is 12.5 Å². The van der Waals surface area contributed by atoms with Gasteiger partial charge in [-0.05, 0) is 28.3 Å². The van der Waals surface area contributed by atoms with Crippen molar-refractivity contribution in [2.24, 2.45) is 7.05 Å². The molecule has 0 saturated carbocycles.